The zero-order valence-corrected chi connectivity index (χ0v) is 85.6. The van der Waals surface area contributed by atoms with Crippen LogP contribution in [-0.2, 0) is 127 Å². The summed E-state index contributed by atoms with van der Waals surface area (Å²) in [6.45, 7) is 27.1. The Kier molecular flexibility index (Phi) is 33.2. The summed E-state index contributed by atoms with van der Waals surface area (Å²) in [6, 6.07) is 53.3. The highest BCUT2D eigenvalue weighted by molar-refractivity contribution is 6.12. The second kappa shape index (κ2) is 46.3. The molecule has 8 fully saturated rings. The van der Waals surface area contributed by atoms with Crippen LogP contribution in [-0.4, -0.2) is 239 Å². The van der Waals surface area contributed by atoms with Gasteiger partial charge < -0.3 is 48.3 Å². The largest absolute Gasteiger partial charge is 0.489 e. The molecular formula is C117H133F3N10O18. The number of alkyl halides is 3. The van der Waals surface area contributed by atoms with Crippen molar-refractivity contribution in [3.8, 4) is 23.0 Å². The lowest BCUT2D eigenvalue weighted by atomic mass is 9.80. The minimum atomic E-state index is -4.11. The van der Waals surface area contributed by atoms with Gasteiger partial charge in [-0.1, -0.05) is 149 Å². The molecule has 0 bridgehead atoms. The Morgan fingerprint density at radius 1 is 0.331 bits per heavy atom. The monoisotopic (exact) mass is 2020 g/mol. The average Bonchev–Trinajstić information content (AvgIpc) is 1.60. The number of likely N-dealkylation sites (tertiary alicyclic amines) is 2. The van der Waals surface area contributed by atoms with Crippen molar-refractivity contribution in [1.29, 1.82) is 0 Å². The van der Waals surface area contributed by atoms with E-state index >= 15 is 0 Å². The van der Waals surface area contributed by atoms with Gasteiger partial charge in [0.15, 0.2) is 23.1 Å². The van der Waals surface area contributed by atoms with Crippen LogP contribution in [0.1, 0.15) is 265 Å². The van der Waals surface area contributed by atoms with E-state index in [2.05, 4.69) is 88.9 Å². The first-order chi connectivity index (χ1) is 71.0. The van der Waals surface area contributed by atoms with Crippen molar-refractivity contribution >= 4 is 81.7 Å². The molecule has 8 aliphatic heterocycles. The second-order valence-electron chi connectivity index (χ2n) is 42.7. The summed E-state index contributed by atoms with van der Waals surface area (Å²) in [5.41, 5.74) is 12.5. The molecule has 780 valence electrons. The number of unbranched alkanes of at least 4 members (excludes halogenated alkanes) is 1. The van der Waals surface area contributed by atoms with E-state index in [9.17, 15) is 80.3 Å². The number of ketones is 8. The molecule has 8 aromatic carbocycles. The fraction of sp³-hybridized carbons (Fsp3) is 0.470. The number of halogens is 3. The molecule has 12 aliphatic rings. The van der Waals surface area contributed by atoms with Crippen LogP contribution in [0.25, 0.3) is 0 Å². The normalized spacial score (nSPS) is 22.1. The van der Waals surface area contributed by atoms with Gasteiger partial charge in [-0.2, -0.15) is 13.2 Å². The Hall–Kier alpha value is -13.2. The summed E-state index contributed by atoms with van der Waals surface area (Å²) in [5.74, 6) is 0.0208. The van der Waals surface area contributed by atoms with E-state index < -0.39 is 35.3 Å². The second-order valence-corrected chi connectivity index (χ2v) is 42.7. The molecule has 0 N–H and O–H groups in total. The van der Waals surface area contributed by atoms with Gasteiger partial charge in [-0.3, -0.25) is 86.7 Å². The van der Waals surface area contributed by atoms with Crippen molar-refractivity contribution in [2.45, 2.75) is 265 Å². The smallest absolute Gasteiger partial charge is 0.391 e. The third kappa shape index (κ3) is 24.8. The van der Waals surface area contributed by atoms with Gasteiger partial charge in [-0.05, 0) is 203 Å². The van der Waals surface area contributed by atoms with Crippen molar-refractivity contribution in [1.82, 2.24) is 49.0 Å². The Morgan fingerprint density at radius 3 is 0.986 bits per heavy atom. The van der Waals surface area contributed by atoms with Gasteiger partial charge in [-0.15, -0.1) is 0 Å². The SMILES string of the molecule is CC1(C)CCN(Cc2ccc(COc3cccc4c3CN([C@@]3(C)CCC(=O)CC3=O)C4=O)cc2)CC1.CCCCN1CCN(Cc2ccc(COc3cccc4c3CN(C3CCC(=O)CC3=O)C4=O)cc2)CC1=O.CCN1CCN(Cc2ccc(COc3cccc4c3CN(C3CCC(=O)CC3=O)C4=O)cc2)CC1=O.C[C@]1(N2Cc3c(OCc4ccc(CN5CCC(C(F)(F)F)CC5)cc4)cccc3C2=O)CCC(=O)CC1=O. The van der Waals surface area contributed by atoms with E-state index in [-0.39, 0.29) is 140 Å². The highest BCUT2D eigenvalue weighted by Crippen LogP contribution is 2.45. The molecule has 2 unspecified atom stereocenters. The number of piperazine rings is 2. The molecule has 20 rings (SSSR count). The first-order valence-corrected chi connectivity index (χ1v) is 52.3. The molecule has 0 spiro atoms. The Balaban J connectivity index is 0.000000135. The van der Waals surface area contributed by atoms with Crippen molar-refractivity contribution in [3.05, 3.63) is 259 Å². The number of carbonyl (C=O) groups is 14. The summed E-state index contributed by atoms with van der Waals surface area (Å²) >= 11 is 0. The number of carbonyl (C=O) groups excluding carboxylic acids is 14. The molecule has 0 aromatic heterocycles. The number of hydrogen-bond donors (Lipinski definition) is 0. The Morgan fingerprint density at radius 2 is 0.655 bits per heavy atom. The van der Waals surface area contributed by atoms with Crippen LogP contribution in [0.2, 0.25) is 0 Å². The van der Waals surface area contributed by atoms with Crippen molar-refractivity contribution in [2.75, 3.05) is 78.5 Å². The van der Waals surface area contributed by atoms with E-state index in [1.54, 1.807) is 75.9 Å². The minimum Gasteiger partial charge on any atom is -0.489 e. The number of piperidine rings is 2. The zero-order chi connectivity index (χ0) is 104. The van der Waals surface area contributed by atoms with Gasteiger partial charge in [0.2, 0.25) is 11.8 Å². The van der Waals surface area contributed by atoms with Crippen LogP contribution in [0, 0.1) is 11.3 Å². The molecule has 4 saturated heterocycles. The molecule has 8 heterocycles. The van der Waals surface area contributed by atoms with E-state index in [0.29, 0.717) is 168 Å². The van der Waals surface area contributed by atoms with E-state index in [1.165, 1.54) is 18.4 Å². The number of rotatable bonds is 28. The summed E-state index contributed by atoms with van der Waals surface area (Å²) < 4.78 is 63.2. The minimum absolute atomic E-state index is 0.0449. The number of Topliss-reactive ketones (excluding diaryl/α,β-unsaturated/α-hetero) is 8. The third-order valence-corrected chi connectivity index (χ3v) is 31.8. The molecular weight excluding hydrogens is 1890 g/mol. The molecule has 6 amide bonds. The first-order valence-electron chi connectivity index (χ1n) is 52.3. The lowest BCUT2D eigenvalue weighted by molar-refractivity contribution is -0.185. The summed E-state index contributed by atoms with van der Waals surface area (Å²) in [5, 5.41) is 0. The van der Waals surface area contributed by atoms with Crippen LogP contribution >= 0.6 is 0 Å². The van der Waals surface area contributed by atoms with Crippen LogP contribution in [0.15, 0.2) is 170 Å². The topological polar surface area (TPSA) is 308 Å². The third-order valence-electron chi connectivity index (χ3n) is 31.8. The van der Waals surface area contributed by atoms with E-state index in [1.807, 2.05) is 95.6 Å². The maximum atomic E-state index is 13.2. The summed E-state index contributed by atoms with van der Waals surface area (Å²) in [6.07, 6.45) is 3.17. The molecule has 4 atom stereocenters. The van der Waals surface area contributed by atoms with Crippen LogP contribution in [0.5, 0.6) is 23.0 Å². The lowest BCUT2D eigenvalue weighted by Crippen LogP contribution is -2.55. The maximum absolute atomic E-state index is 13.2. The number of ether oxygens (including phenoxy) is 4. The lowest BCUT2D eigenvalue weighted by Gasteiger charge is -2.39. The number of amides is 6. The molecule has 31 heteroatoms. The first kappa shape index (κ1) is 106. The average molecular weight is 2020 g/mol. The van der Waals surface area contributed by atoms with E-state index in [0.717, 1.165) is 146 Å². The predicted molar refractivity (Wildman–Crippen MR) is 545 cm³/mol. The number of hydrogen-bond acceptors (Lipinski definition) is 22. The van der Waals surface area contributed by atoms with Gasteiger partial charge in [0.05, 0.1) is 83.0 Å². The molecule has 0 radical (unpaired) electrons. The van der Waals surface area contributed by atoms with Gasteiger partial charge in [0, 0.05) is 136 Å². The van der Waals surface area contributed by atoms with Gasteiger partial charge in [-0.25, -0.2) is 0 Å². The van der Waals surface area contributed by atoms with Gasteiger partial charge >= 0.3 is 6.18 Å². The molecule has 148 heavy (non-hydrogen) atoms. The number of likely N-dealkylation sites (N-methyl/N-ethyl adjacent to an activating group) is 1. The number of nitrogens with zero attached hydrogens (tertiary/aromatic N) is 10. The fourth-order valence-corrected chi connectivity index (χ4v) is 22.1. The molecule has 8 aromatic rings. The van der Waals surface area contributed by atoms with Crippen molar-refractivity contribution in [2.24, 2.45) is 11.3 Å². The molecule has 4 aliphatic carbocycles. The van der Waals surface area contributed by atoms with Crippen LogP contribution in [0.3, 0.4) is 0 Å². The fourth-order valence-electron chi connectivity index (χ4n) is 22.1. The summed E-state index contributed by atoms with van der Waals surface area (Å²) in [4.78, 5) is 193. The van der Waals surface area contributed by atoms with Gasteiger partial charge in [0.25, 0.3) is 23.6 Å². The molecule has 28 nitrogen and oxygen atoms in total. The Labute approximate surface area is 862 Å². The van der Waals surface area contributed by atoms with Crippen molar-refractivity contribution in [3.63, 3.8) is 0 Å². The van der Waals surface area contributed by atoms with E-state index in [4.69, 9.17) is 18.9 Å². The maximum Gasteiger partial charge on any atom is 0.391 e. The number of fused-ring (bicyclic) bond motifs is 4. The Bertz CT molecular complexity index is 6350. The van der Waals surface area contributed by atoms with Crippen LogP contribution in [0.4, 0.5) is 13.2 Å². The summed E-state index contributed by atoms with van der Waals surface area (Å²) in [7, 11) is 0. The highest BCUT2D eigenvalue weighted by atomic mass is 19.4. The standard InChI is InChI=1S/C30H35N3O5.C30H36N2O4.C29H31F3N2O4.C28H31N3O5/c1-2-3-13-32-15-14-31(19-29(32)36)17-21-7-9-22(10-8-21)20-38-28-6-4-5-24-25(28)18-33(30(24)37)26-12-11-23(34)16-27(26)35;1-29(2)13-15-31(16-14-29)18-21-7-9-22(10-8-21)20-36-26-6-4-5-24-25(26)19-32(28(24)35)30(3)12-11-23(33)17-27(30)34;1-28(12-9-22(35)15-26(28)36)34-17-24-23(27(34)37)3-2-4-25(24)38-18-20-7-5-19(6-8-20)16-33-13-10-21(11-14-33)29(30,31)32;1-2-30-13-12-29(17-27(30)34)15-19-6-8-20(9-7-19)18-36-26-5-3-4-22-23(26)16-31(28(22)35)24-11-10-21(32)14-25(24)33/h4-10,26H,2-3,11-20H2,1H3;4-10H,11-20H2,1-3H3;2-8,21H,9-18H2,1H3;3-9,24H,2,10-18H2,1H3/t;30-;28-;/m.00./s1. The zero-order valence-electron chi connectivity index (χ0n) is 85.6. The quantitative estimate of drug-likeness (QED) is 0.0411. The van der Waals surface area contributed by atoms with Crippen LogP contribution < -0.4 is 18.9 Å². The highest BCUT2D eigenvalue weighted by Gasteiger charge is 2.52. The number of benzene rings is 8. The van der Waals surface area contributed by atoms with Crippen molar-refractivity contribution < 1.29 is 99.2 Å². The molecule has 4 saturated carbocycles. The van der Waals surface area contributed by atoms with Gasteiger partial charge in [0.1, 0.15) is 83.6 Å². The predicted octanol–water partition coefficient (Wildman–Crippen LogP) is 15.9.